The molecule has 0 spiro atoms. The molecule has 1 aromatic heterocycles. The van der Waals surface area contributed by atoms with E-state index in [1.807, 2.05) is 6.92 Å². The van der Waals surface area contributed by atoms with E-state index in [2.05, 4.69) is 10.3 Å². The zero-order chi connectivity index (χ0) is 12.7. The maximum absolute atomic E-state index is 11.6. The van der Waals surface area contributed by atoms with Crippen molar-refractivity contribution in [1.82, 2.24) is 10.3 Å². The Morgan fingerprint density at radius 2 is 2.29 bits per heavy atom. The van der Waals surface area contributed by atoms with E-state index in [4.69, 9.17) is 4.74 Å². The van der Waals surface area contributed by atoms with Gasteiger partial charge >= 0.3 is 0 Å². The van der Waals surface area contributed by atoms with E-state index in [1.54, 1.807) is 6.92 Å². The first-order valence-corrected chi connectivity index (χ1v) is 5.70. The zero-order valence-corrected chi connectivity index (χ0v) is 10.2. The van der Waals surface area contributed by atoms with Gasteiger partial charge in [0.05, 0.1) is 0 Å². The van der Waals surface area contributed by atoms with Crippen molar-refractivity contribution < 1.29 is 9.53 Å². The number of aromatic amines is 1. The average Bonchev–Trinajstić information content (AvgIpc) is 2.28. The molecule has 0 saturated heterocycles. The topological polar surface area (TPSA) is 71.2 Å². The van der Waals surface area contributed by atoms with Gasteiger partial charge in [-0.1, -0.05) is 0 Å². The van der Waals surface area contributed by atoms with Crippen LogP contribution in [0.5, 0.6) is 0 Å². The van der Waals surface area contributed by atoms with E-state index in [-0.39, 0.29) is 16.9 Å². The molecule has 0 atom stereocenters. The molecule has 0 aliphatic heterocycles. The van der Waals surface area contributed by atoms with Gasteiger partial charge in [0.15, 0.2) is 5.43 Å². The lowest BCUT2D eigenvalue weighted by Crippen LogP contribution is -2.30. The Morgan fingerprint density at radius 3 is 2.94 bits per heavy atom. The van der Waals surface area contributed by atoms with Crippen molar-refractivity contribution in [1.29, 1.82) is 0 Å². The number of hydrogen-bond acceptors (Lipinski definition) is 3. The van der Waals surface area contributed by atoms with E-state index in [0.29, 0.717) is 19.8 Å². The van der Waals surface area contributed by atoms with E-state index in [9.17, 15) is 9.59 Å². The second-order valence-corrected chi connectivity index (χ2v) is 3.70. The van der Waals surface area contributed by atoms with Crippen molar-refractivity contribution in [2.75, 3.05) is 19.8 Å². The molecule has 0 aliphatic carbocycles. The molecule has 0 saturated carbocycles. The molecule has 0 bridgehead atoms. The molecule has 0 aliphatic rings. The van der Waals surface area contributed by atoms with Gasteiger partial charge in [-0.2, -0.15) is 0 Å². The van der Waals surface area contributed by atoms with Crippen LogP contribution in [0.25, 0.3) is 0 Å². The summed E-state index contributed by atoms with van der Waals surface area (Å²) in [5.41, 5.74) is 0.624. The predicted octanol–water partition coefficient (Wildman–Crippen LogP) is 0.840. The van der Waals surface area contributed by atoms with Crippen LogP contribution < -0.4 is 10.7 Å². The maximum atomic E-state index is 11.6. The lowest BCUT2D eigenvalue weighted by molar-refractivity contribution is 0.0943. The fraction of sp³-hybridized carbons (Fsp3) is 0.500. The van der Waals surface area contributed by atoms with Gasteiger partial charge < -0.3 is 15.0 Å². The summed E-state index contributed by atoms with van der Waals surface area (Å²) in [7, 11) is 0. The van der Waals surface area contributed by atoms with Gasteiger partial charge in [-0.3, -0.25) is 9.59 Å². The number of nitrogens with one attached hydrogen (secondary N) is 2. The Kier molecular flexibility index (Phi) is 5.42. The van der Waals surface area contributed by atoms with Crippen LogP contribution >= 0.6 is 0 Å². The van der Waals surface area contributed by atoms with Crippen LogP contribution in [0.2, 0.25) is 0 Å². The highest BCUT2D eigenvalue weighted by Gasteiger charge is 2.08. The minimum Gasteiger partial charge on any atom is -0.382 e. The van der Waals surface area contributed by atoms with Crippen LogP contribution in [0.15, 0.2) is 17.1 Å². The molecule has 94 valence electrons. The molecule has 0 unspecified atom stereocenters. The summed E-state index contributed by atoms with van der Waals surface area (Å²) in [4.78, 5) is 26.0. The third-order valence-corrected chi connectivity index (χ3v) is 2.26. The summed E-state index contributed by atoms with van der Waals surface area (Å²) in [5, 5.41) is 2.68. The molecule has 1 heterocycles. The highest BCUT2D eigenvalue weighted by Crippen LogP contribution is 1.92. The third kappa shape index (κ3) is 4.40. The highest BCUT2D eigenvalue weighted by molar-refractivity contribution is 5.93. The number of rotatable bonds is 6. The van der Waals surface area contributed by atoms with E-state index in [1.165, 1.54) is 12.3 Å². The smallest absolute Gasteiger partial charge is 0.256 e. The number of aromatic nitrogens is 1. The van der Waals surface area contributed by atoms with Crippen molar-refractivity contribution in [2.45, 2.75) is 20.3 Å². The van der Waals surface area contributed by atoms with Crippen LogP contribution in [0.1, 0.15) is 29.4 Å². The third-order valence-electron chi connectivity index (χ3n) is 2.26. The quantitative estimate of drug-likeness (QED) is 0.721. The van der Waals surface area contributed by atoms with Crippen molar-refractivity contribution in [3.63, 3.8) is 0 Å². The summed E-state index contributed by atoms with van der Waals surface area (Å²) < 4.78 is 5.14. The summed E-state index contributed by atoms with van der Waals surface area (Å²) >= 11 is 0. The van der Waals surface area contributed by atoms with Crippen LogP contribution in [0, 0.1) is 6.92 Å². The Balaban J connectivity index is 2.45. The van der Waals surface area contributed by atoms with E-state index in [0.717, 1.165) is 12.1 Å². The minimum atomic E-state index is -0.345. The number of pyridine rings is 1. The van der Waals surface area contributed by atoms with Gasteiger partial charge in [0, 0.05) is 37.7 Å². The lowest BCUT2D eigenvalue weighted by atomic mass is 10.2. The van der Waals surface area contributed by atoms with Crippen molar-refractivity contribution in [3.8, 4) is 0 Å². The normalized spacial score (nSPS) is 10.2. The summed E-state index contributed by atoms with van der Waals surface area (Å²) in [6.45, 7) is 5.48. The number of hydrogen-bond donors (Lipinski definition) is 2. The van der Waals surface area contributed by atoms with Gasteiger partial charge in [0.1, 0.15) is 5.56 Å². The van der Waals surface area contributed by atoms with E-state index < -0.39 is 0 Å². The van der Waals surface area contributed by atoms with Gasteiger partial charge in [-0.25, -0.2) is 0 Å². The molecule has 1 rings (SSSR count). The Labute approximate surface area is 100 Å². The first-order valence-electron chi connectivity index (χ1n) is 5.70. The monoisotopic (exact) mass is 238 g/mol. The number of carbonyl (C=O) groups excluding carboxylic acids is 1. The largest absolute Gasteiger partial charge is 0.382 e. The highest BCUT2D eigenvalue weighted by atomic mass is 16.5. The van der Waals surface area contributed by atoms with Gasteiger partial charge in [0.25, 0.3) is 5.91 Å². The Morgan fingerprint density at radius 1 is 1.53 bits per heavy atom. The molecule has 1 amide bonds. The van der Waals surface area contributed by atoms with Gasteiger partial charge in [0.2, 0.25) is 0 Å². The minimum absolute atomic E-state index is 0.145. The van der Waals surface area contributed by atoms with Crippen molar-refractivity contribution in [2.24, 2.45) is 0 Å². The first kappa shape index (κ1) is 13.4. The second kappa shape index (κ2) is 6.85. The molecule has 0 fully saturated rings. The molecule has 5 heteroatoms. The van der Waals surface area contributed by atoms with Crippen LogP contribution in [-0.2, 0) is 4.74 Å². The molecule has 0 radical (unpaired) electrons. The molecule has 17 heavy (non-hydrogen) atoms. The Bertz CT molecular complexity index is 426. The zero-order valence-electron chi connectivity index (χ0n) is 10.2. The summed E-state index contributed by atoms with van der Waals surface area (Å²) in [6, 6.07) is 1.41. The standard InChI is InChI=1S/C12H18N2O3/c1-3-17-6-4-5-13-12(16)10-8-14-9(2)7-11(10)15/h7-8H,3-6H2,1-2H3,(H,13,16)(H,14,15). The van der Waals surface area contributed by atoms with Crippen LogP contribution in [0.3, 0.4) is 0 Å². The molecular weight excluding hydrogens is 220 g/mol. The number of H-pyrrole nitrogens is 1. The SMILES string of the molecule is CCOCCCNC(=O)c1c[nH]c(C)cc1=O. The number of aryl methyl sites for hydroxylation is 1. The predicted molar refractivity (Wildman–Crippen MR) is 65.2 cm³/mol. The van der Waals surface area contributed by atoms with Crippen molar-refractivity contribution in [3.05, 3.63) is 33.7 Å². The molecular formula is C12H18N2O3. The lowest BCUT2D eigenvalue weighted by Gasteiger charge is -2.05. The van der Waals surface area contributed by atoms with Crippen LogP contribution in [-0.4, -0.2) is 30.6 Å². The number of amides is 1. The first-order chi connectivity index (χ1) is 8.15. The molecule has 0 aromatic carbocycles. The maximum Gasteiger partial charge on any atom is 0.256 e. The summed E-state index contributed by atoms with van der Waals surface area (Å²) in [5.74, 6) is -0.345. The Hall–Kier alpha value is -1.62. The summed E-state index contributed by atoms with van der Waals surface area (Å²) in [6.07, 6.45) is 2.18. The van der Waals surface area contributed by atoms with Crippen LogP contribution in [0.4, 0.5) is 0 Å². The molecule has 2 N–H and O–H groups in total. The van der Waals surface area contributed by atoms with E-state index >= 15 is 0 Å². The number of carbonyl (C=O) groups is 1. The number of ether oxygens (including phenoxy) is 1. The molecule has 5 nitrogen and oxygen atoms in total. The molecule has 1 aromatic rings. The van der Waals surface area contributed by atoms with Gasteiger partial charge in [-0.05, 0) is 20.3 Å². The average molecular weight is 238 g/mol. The fourth-order valence-corrected chi connectivity index (χ4v) is 1.37. The fourth-order valence-electron chi connectivity index (χ4n) is 1.37. The van der Waals surface area contributed by atoms with Crippen molar-refractivity contribution >= 4 is 5.91 Å². The van der Waals surface area contributed by atoms with Gasteiger partial charge in [-0.15, -0.1) is 0 Å². The second-order valence-electron chi connectivity index (χ2n) is 3.70.